The Balaban J connectivity index is 2.05. The van der Waals surface area contributed by atoms with Crippen LogP contribution >= 0.6 is 0 Å². The van der Waals surface area contributed by atoms with Crippen LogP contribution < -0.4 is 11.2 Å². The second-order valence-electron chi connectivity index (χ2n) is 5.47. The van der Waals surface area contributed by atoms with Crippen LogP contribution in [0.15, 0.2) is 21.9 Å². The number of H-pyrrole nitrogens is 1. The van der Waals surface area contributed by atoms with E-state index >= 15 is 0 Å². The lowest BCUT2D eigenvalue weighted by Gasteiger charge is -2.22. The van der Waals surface area contributed by atoms with Crippen molar-refractivity contribution >= 4 is 5.91 Å². The van der Waals surface area contributed by atoms with Gasteiger partial charge >= 0.3 is 5.69 Å². The summed E-state index contributed by atoms with van der Waals surface area (Å²) in [5.74, 6) is -0.183. The molecular formula is C13H19N3O4. The predicted octanol–water partition coefficient (Wildman–Crippen LogP) is -0.700. The largest absolute Gasteiger partial charge is 0.390 e. The first kappa shape index (κ1) is 14.5. The fraction of sp³-hybridized carbons (Fsp3) is 0.615. The highest BCUT2D eigenvalue weighted by atomic mass is 16.3. The lowest BCUT2D eigenvalue weighted by molar-refractivity contribution is -0.132. The van der Waals surface area contributed by atoms with Gasteiger partial charge in [-0.2, -0.15) is 0 Å². The highest BCUT2D eigenvalue weighted by Gasteiger charge is 2.27. The second kappa shape index (κ2) is 5.62. The van der Waals surface area contributed by atoms with Crippen LogP contribution in [0.5, 0.6) is 0 Å². The monoisotopic (exact) mass is 281 g/mol. The summed E-state index contributed by atoms with van der Waals surface area (Å²) < 4.78 is 1.17. The van der Waals surface area contributed by atoms with Gasteiger partial charge in [0.05, 0.1) is 5.60 Å². The molecule has 0 spiro atoms. The molecule has 1 fully saturated rings. The van der Waals surface area contributed by atoms with Crippen molar-refractivity contribution in [3.05, 3.63) is 33.1 Å². The zero-order valence-corrected chi connectivity index (χ0v) is 11.5. The Kier molecular flexibility index (Phi) is 4.08. The minimum atomic E-state index is -0.732. The number of aliphatic hydroxyl groups is 1. The summed E-state index contributed by atoms with van der Waals surface area (Å²) >= 11 is 0. The van der Waals surface area contributed by atoms with Crippen molar-refractivity contribution in [3.63, 3.8) is 0 Å². The van der Waals surface area contributed by atoms with E-state index in [-0.39, 0.29) is 12.5 Å². The van der Waals surface area contributed by atoms with E-state index in [1.54, 1.807) is 11.8 Å². The number of nitrogens with one attached hydrogen (secondary N) is 1. The van der Waals surface area contributed by atoms with Gasteiger partial charge < -0.3 is 10.0 Å². The molecule has 2 rings (SSSR count). The minimum absolute atomic E-state index is 0.0994. The first-order valence-corrected chi connectivity index (χ1v) is 6.67. The van der Waals surface area contributed by atoms with E-state index in [0.717, 1.165) is 6.42 Å². The van der Waals surface area contributed by atoms with Gasteiger partial charge in [-0.05, 0) is 26.2 Å². The Labute approximate surface area is 115 Å². The van der Waals surface area contributed by atoms with E-state index in [4.69, 9.17) is 0 Å². The van der Waals surface area contributed by atoms with Gasteiger partial charge in [-0.1, -0.05) is 0 Å². The van der Waals surface area contributed by atoms with E-state index in [0.29, 0.717) is 25.9 Å². The molecular weight excluding hydrogens is 262 g/mol. The Morgan fingerprint density at radius 2 is 2.15 bits per heavy atom. The Hall–Kier alpha value is -1.89. The quantitative estimate of drug-likeness (QED) is 0.749. The number of aromatic amines is 1. The van der Waals surface area contributed by atoms with Crippen LogP contribution in [0.2, 0.25) is 0 Å². The molecule has 1 unspecified atom stereocenters. The summed E-state index contributed by atoms with van der Waals surface area (Å²) in [4.78, 5) is 38.4. The number of hydrogen-bond donors (Lipinski definition) is 2. The number of amides is 1. The molecule has 1 aliphatic rings. The zero-order chi connectivity index (χ0) is 14.8. The molecule has 7 heteroatoms. The maximum Gasteiger partial charge on any atom is 0.328 e. The number of nitrogens with zero attached hydrogens (tertiary/aromatic N) is 2. The molecule has 0 saturated carbocycles. The molecule has 20 heavy (non-hydrogen) atoms. The maximum absolute atomic E-state index is 12.2. The summed E-state index contributed by atoms with van der Waals surface area (Å²) in [5.41, 5.74) is -1.80. The maximum atomic E-state index is 12.2. The number of carbonyl (C=O) groups is 1. The summed E-state index contributed by atoms with van der Waals surface area (Å²) in [5, 5.41) is 9.99. The molecule has 1 aliphatic heterocycles. The molecule has 0 aromatic carbocycles. The zero-order valence-electron chi connectivity index (χ0n) is 11.5. The molecule has 7 nitrogen and oxygen atoms in total. The van der Waals surface area contributed by atoms with Gasteiger partial charge in [-0.15, -0.1) is 0 Å². The summed E-state index contributed by atoms with van der Waals surface area (Å²) in [6.07, 6.45) is 3.24. The normalized spacial score (nSPS) is 23.4. The first-order valence-electron chi connectivity index (χ1n) is 6.67. The van der Waals surface area contributed by atoms with Crippen molar-refractivity contribution in [2.75, 3.05) is 13.1 Å². The van der Waals surface area contributed by atoms with Gasteiger partial charge in [0.1, 0.15) is 6.54 Å². The summed E-state index contributed by atoms with van der Waals surface area (Å²) in [7, 11) is 0. The lowest BCUT2D eigenvalue weighted by Crippen LogP contribution is -2.39. The second-order valence-corrected chi connectivity index (χ2v) is 5.47. The van der Waals surface area contributed by atoms with Crippen LogP contribution in [0.3, 0.4) is 0 Å². The van der Waals surface area contributed by atoms with Gasteiger partial charge in [0.25, 0.3) is 5.56 Å². The number of likely N-dealkylation sites (tertiary alicyclic amines) is 1. The molecule has 2 N–H and O–H groups in total. The smallest absolute Gasteiger partial charge is 0.328 e. The Morgan fingerprint density at radius 3 is 2.85 bits per heavy atom. The fourth-order valence-electron chi connectivity index (χ4n) is 2.33. The van der Waals surface area contributed by atoms with E-state index in [1.165, 1.54) is 16.8 Å². The third-order valence-electron chi connectivity index (χ3n) is 3.62. The third kappa shape index (κ3) is 3.57. The van der Waals surface area contributed by atoms with Gasteiger partial charge in [-0.25, -0.2) is 4.79 Å². The van der Waals surface area contributed by atoms with Gasteiger partial charge in [-0.3, -0.25) is 19.1 Å². The predicted molar refractivity (Wildman–Crippen MR) is 72.4 cm³/mol. The van der Waals surface area contributed by atoms with Crippen LogP contribution in [0, 0.1) is 0 Å². The summed E-state index contributed by atoms with van der Waals surface area (Å²) in [6.45, 7) is 2.72. The molecule has 0 aliphatic carbocycles. The summed E-state index contributed by atoms with van der Waals surface area (Å²) in [6, 6.07) is 1.21. The van der Waals surface area contributed by atoms with Crippen molar-refractivity contribution < 1.29 is 9.90 Å². The molecule has 1 amide bonds. The van der Waals surface area contributed by atoms with Crippen LogP contribution in [0.4, 0.5) is 0 Å². The highest BCUT2D eigenvalue weighted by molar-refractivity contribution is 5.76. The molecule has 1 saturated heterocycles. The lowest BCUT2D eigenvalue weighted by atomic mass is 9.98. The number of carbonyl (C=O) groups excluding carboxylic acids is 1. The van der Waals surface area contributed by atoms with E-state index in [1.807, 2.05) is 0 Å². The minimum Gasteiger partial charge on any atom is -0.390 e. The van der Waals surface area contributed by atoms with Crippen molar-refractivity contribution in [2.45, 2.75) is 38.3 Å². The van der Waals surface area contributed by atoms with E-state index < -0.39 is 16.9 Å². The molecule has 0 bridgehead atoms. The highest BCUT2D eigenvalue weighted by Crippen LogP contribution is 2.21. The number of rotatable bonds is 2. The molecule has 1 aromatic heterocycles. The standard InChI is InChI=1S/C13H19N3O4/c1-13(20)4-2-6-15(8-5-13)11(18)9-16-7-3-10(17)14-12(16)19/h3,7,20H,2,4-6,8-9H2,1H3,(H,14,17,19). The van der Waals surface area contributed by atoms with Crippen molar-refractivity contribution in [3.8, 4) is 0 Å². The Bertz CT molecular complexity index is 602. The van der Waals surface area contributed by atoms with E-state index in [2.05, 4.69) is 4.98 Å². The first-order chi connectivity index (χ1) is 9.37. The van der Waals surface area contributed by atoms with Gasteiger partial charge in [0, 0.05) is 25.4 Å². The van der Waals surface area contributed by atoms with Crippen LogP contribution in [-0.2, 0) is 11.3 Å². The van der Waals surface area contributed by atoms with E-state index in [9.17, 15) is 19.5 Å². The molecule has 0 radical (unpaired) electrons. The number of aromatic nitrogens is 2. The van der Waals surface area contributed by atoms with Gasteiger partial charge in [0.2, 0.25) is 5.91 Å². The van der Waals surface area contributed by atoms with Crippen LogP contribution in [0.25, 0.3) is 0 Å². The average molecular weight is 281 g/mol. The van der Waals surface area contributed by atoms with Gasteiger partial charge in [0.15, 0.2) is 0 Å². The topological polar surface area (TPSA) is 95.4 Å². The van der Waals surface area contributed by atoms with Crippen LogP contribution in [-0.4, -0.2) is 44.2 Å². The SMILES string of the molecule is CC1(O)CCCN(C(=O)Cn2ccc(=O)[nH]c2=O)CC1. The fourth-order valence-corrected chi connectivity index (χ4v) is 2.33. The Morgan fingerprint density at radius 1 is 1.40 bits per heavy atom. The number of hydrogen-bond acceptors (Lipinski definition) is 4. The molecule has 110 valence electrons. The van der Waals surface area contributed by atoms with Crippen molar-refractivity contribution in [1.82, 2.24) is 14.5 Å². The van der Waals surface area contributed by atoms with Crippen LogP contribution in [0.1, 0.15) is 26.2 Å². The average Bonchev–Trinajstić information content (AvgIpc) is 2.54. The molecule has 1 atom stereocenters. The van der Waals surface area contributed by atoms with Crippen molar-refractivity contribution in [1.29, 1.82) is 0 Å². The van der Waals surface area contributed by atoms with Crippen molar-refractivity contribution in [2.24, 2.45) is 0 Å². The molecule has 1 aromatic rings. The third-order valence-corrected chi connectivity index (χ3v) is 3.62. The molecule has 2 heterocycles.